The largest absolute Gasteiger partial charge is 0.481 e. The number of nitrogens with one attached hydrogen (secondary N) is 1. The number of terminal acetylenes is 1. The summed E-state index contributed by atoms with van der Waals surface area (Å²) in [5.41, 5.74) is 0. The van der Waals surface area contributed by atoms with Crippen molar-refractivity contribution in [2.45, 2.75) is 32.2 Å². The van der Waals surface area contributed by atoms with E-state index in [0.29, 0.717) is 19.4 Å². The molecule has 0 saturated carbocycles. The number of amides is 2. The van der Waals surface area contributed by atoms with Gasteiger partial charge in [0.2, 0.25) is 0 Å². The fourth-order valence-corrected chi connectivity index (χ4v) is 1.89. The summed E-state index contributed by atoms with van der Waals surface area (Å²) in [5, 5.41) is 11.7. The van der Waals surface area contributed by atoms with Crippen molar-refractivity contribution in [3.05, 3.63) is 0 Å². The molecule has 5 heteroatoms. The Labute approximate surface area is 101 Å². The van der Waals surface area contributed by atoms with Crippen molar-refractivity contribution in [1.29, 1.82) is 0 Å². The van der Waals surface area contributed by atoms with Crippen molar-refractivity contribution in [2.24, 2.45) is 5.92 Å². The number of carboxylic acid groups (broad SMARTS) is 1. The monoisotopic (exact) mass is 238 g/mol. The van der Waals surface area contributed by atoms with E-state index in [1.54, 1.807) is 4.90 Å². The fourth-order valence-electron chi connectivity index (χ4n) is 1.89. The average Bonchev–Trinajstić information content (AvgIpc) is 2.29. The molecule has 2 atom stereocenters. The van der Waals surface area contributed by atoms with E-state index in [0.717, 1.165) is 6.42 Å². The molecular weight excluding hydrogens is 220 g/mol. The Hall–Kier alpha value is -1.70. The Morgan fingerprint density at radius 1 is 1.65 bits per heavy atom. The van der Waals surface area contributed by atoms with Crippen molar-refractivity contribution >= 4 is 12.0 Å². The Balaban J connectivity index is 2.46. The van der Waals surface area contributed by atoms with E-state index in [9.17, 15) is 9.59 Å². The molecule has 1 aliphatic rings. The summed E-state index contributed by atoms with van der Waals surface area (Å²) in [6.45, 7) is 2.72. The Kier molecular flexibility index (Phi) is 4.83. The molecule has 0 aromatic carbocycles. The zero-order chi connectivity index (χ0) is 12.8. The van der Waals surface area contributed by atoms with Crippen molar-refractivity contribution in [1.82, 2.24) is 10.2 Å². The molecule has 0 spiro atoms. The van der Waals surface area contributed by atoms with Crippen LogP contribution in [0.25, 0.3) is 0 Å². The van der Waals surface area contributed by atoms with E-state index >= 15 is 0 Å². The normalized spacial score (nSPS) is 21.4. The van der Waals surface area contributed by atoms with Crippen molar-refractivity contribution < 1.29 is 14.7 Å². The minimum atomic E-state index is -0.834. The van der Waals surface area contributed by atoms with Gasteiger partial charge in [-0.15, -0.1) is 12.3 Å². The molecule has 1 aliphatic heterocycles. The summed E-state index contributed by atoms with van der Waals surface area (Å²) in [7, 11) is 0. The lowest BCUT2D eigenvalue weighted by molar-refractivity contribution is -0.143. The first-order valence-electron chi connectivity index (χ1n) is 5.76. The van der Waals surface area contributed by atoms with E-state index < -0.39 is 11.9 Å². The molecule has 2 N–H and O–H groups in total. The fraction of sp³-hybridized carbons (Fsp3) is 0.667. The van der Waals surface area contributed by atoms with Crippen LogP contribution < -0.4 is 5.32 Å². The molecule has 5 nitrogen and oxygen atoms in total. The van der Waals surface area contributed by atoms with Gasteiger partial charge in [-0.2, -0.15) is 0 Å². The highest BCUT2D eigenvalue weighted by Gasteiger charge is 2.28. The highest BCUT2D eigenvalue weighted by atomic mass is 16.4. The van der Waals surface area contributed by atoms with E-state index in [2.05, 4.69) is 11.2 Å². The zero-order valence-corrected chi connectivity index (χ0v) is 9.98. The summed E-state index contributed by atoms with van der Waals surface area (Å²) in [4.78, 5) is 24.2. The van der Waals surface area contributed by atoms with Crippen LogP contribution in [0.5, 0.6) is 0 Å². The van der Waals surface area contributed by atoms with Gasteiger partial charge in [0.1, 0.15) is 0 Å². The summed E-state index contributed by atoms with van der Waals surface area (Å²) in [5.74, 6) is 1.19. The number of aliphatic carboxylic acids is 1. The van der Waals surface area contributed by atoms with Gasteiger partial charge in [-0.1, -0.05) is 0 Å². The third-order valence-electron chi connectivity index (χ3n) is 2.85. The standard InChI is InChI=1S/C12H18N2O3/c1-3-5-9(2)13-12(17)14-7-4-6-10(8-14)11(15)16/h1,9-10H,4-8H2,2H3,(H,13,17)(H,15,16)/t9?,10-/m1/s1. The van der Waals surface area contributed by atoms with Crippen LogP contribution in [0, 0.1) is 18.3 Å². The third kappa shape index (κ3) is 3.99. The minimum absolute atomic E-state index is 0.0855. The van der Waals surface area contributed by atoms with Crippen LogP contribution in [0.15, 0.2) is 0 Å². The first kappa shape index (κ1) is 13.4. The van der Waals surface area contributed by atoms with Gasteiger partial charge < -0.3 is 15.3 Å². The van der Waals surface area contributed by atoms with Crippen LogP contribution in [-0.4, -0.2) is 41.1 Å². The Morgan fingerprint density at radius 2 is 2.35 bits per heavy atom. The van der Waals surface area contributed by atoms with Gasteiger partial charge in [0.15, 0.2) is 0 Å². The second-order valence-electron chi connectivity index (χ2n) is 4.38. The van der Waals surface area contributed by atoms with Crippen molar-refractivity contribution in [3.8, 4) is 12.3 Å². The van der Waals surface area contributed by atoms with E-state index in [-0.39, 0.29) is 18.6 Å². The molecule has 1 heterocycles. The summed E-state index contributed by atoms with van der Waals surface area (Å²) in [6.07, 6.45) is 6.99. The van der Waals surface area contributed by atoms with E-state index in [1.165, 1.54) is 0 Å². The van der Waals surface area contributed by atoms with Gasteiger partial charge in [-0.3, -0.25) is 4.79 Å². The third-order valence-corrected chi connectivity index (χ3v) is 2.85. The number of hydrogen-bond donors (Lipinski definition) is 2. The van der Waals surface area contributed by atoms with Gasteiger partial charge in [-0.05, 0) is 19.8 Å². The lowest BCUT2D eigenvalue weighted by Crippen LogP contribution is -2.49. The molecule has 0 bridgehead atoms. The molecule has 1 saturated heterocycles. The van der Waals surface area contributed by atoms with Gasteiger partial charge in [0, 0.05) is 25.6 Å². The highest BCUT2D eigenvalue weighted by molar-refractivity contribution is 5.76. The molecule has 17 heavy (non-hydrogen) atoms. The molecule has 0 aliphatic carbocycles. The second kappa shape index (κ2) is 6.14. The average molecular weight is 238 g/mol. The zero-order valence-electron chi connectivity index (χ0n) is 9.98. The van der Waals surface area contributed by atoms with Crippen LogP contribution in [0.4, 0.5) is 4.79 Å². The predicted octanol–water partition coefficient (Wildman–Crippen LogP) is 0.904. The second-order valence-corrected chi connectivity index (χ2v) is 4.38. The van der Waals surface area contributed by atoms with Crippen molar-refractivity contribution in [2.75, 3.05) is 13.1 Å². The van der Waals surface area contributed by atoms with Crippen LogP contribution in [0.2, 0.25) is 0 Å². The number of hydrogen-bond acceptors (Lipinski definition) is 2. The molecule has 0 radical (unpaired) electrons. The first-order valence-corrected chi connectivity index (χ1v) is 5.76. The molecular formula is C12H18N2O3. The molecule has 1 rings (SSSR count). The number of nitrogens with zero attached hydrogens (tertiary/aromatic N) is 1. The minimum Gasteiger partial charge on any atom is -0.481 e. The first-order chi connectivity index (χ1) is 8.04. The van der Waals surface area contributed by atoms with Crippen LogP contribution >= 0.6 is 0 Å². The number of carbonyl (C=O) groups excluding carboxylic acids is 1. The van der Waals surface area contributed by atoms with E-state index in [1.807, 2.05) is 6.92 Å². The topological polar surface area (TPSA) is 69.6 Å². The quantitative estimate of drug-likeness (QED) is 0.718. The number of urea groups is 1. The molecule has 0 aromatic rings. The smallest absolute Gasteiger partial charge is 0.317 e. The predicted molar refractivity (Wildman–Crippen MR) is 63.4 cm³/mol. The van der Waals surface area contributed by atoms with Crippen molar-refractivity contribution in [3.63, 3.8) is 0 Å². The molecule has 2 amide bonds. The Bertz CT molecular complexity index is 335. The van der Waals surface area contributed by atoms with Gasteiger partial charge >= 0.3 is 12.0 Å². The lowest BCUT2D eigenvalue weighted by atomic mass is 9.99. The molecule has 0 aromatic heterocycles. The van der Waals surface area contributed by atoms with Crippen LogP contribution in [0.3, 0.4) is 0 Å². The van der Waals surface area contributed by atoms with Gasteiger partial charge in [0.05, 0.1) is 5.92 Å². The highest BCUT2D eigenvalue weighted by Crippen LogP contribution is 2.16. The van der Waals surface area contributed by atoms with Crippen LogP contribution in [0.1, 0.15) is 26.2 Å². The number of carbonyl (C=O) groups is 2. The lowest BCUT2D eigenvalue weighted by Gasteiger charge is -2.31. The Morgan fingerprint density at radius 3 is 2.94 bits per heavy atom. The SMILES string of the molecule is C#CCC(C)NC(=O)N1CCC[C@@H](C(=O)O)C1. The maximum atomic E-state index is 11.8. The molecule has 1 unspecified atom stereocenters. The number of likely N-dealkylation sites (tertiary alicyclic amines) is 1. The van der Waals surface area contributed by atoms with Gasteiger partial charge in [-0.25, -0.2) is 4.79 Å². The van der Waals surface area contributed by atoms with E-state index in [4.69, 9.17) is 11.5 Å². The summed E-state index contributed by atoms with van der Waals surface area (Å²) >= 11 is 0. The maximum absolute atomic E-state index is 11.8. The molecule has 94 valence electrons. The summed E-state index contributed by atoms with van der Waals surface area (Å²) in [6, 6.07) is -0.309. The summed E-state index contributed by atoms with van der Waals surface area (Å²) < 4.78 is 0. The maximum Gasteiger partial charge on any atom is 0.317 e. The number of piperidine rings is 1. The molecule has 1 fully saturated rings. The van der Waals surface area contributed by atoms with Gasteiger partial charge in [0.25, 0.3) is 0 Å². The number of carboxylic acids is 1. The van der Waals surface area contributed by atoms with Crippen LogP contribution in [-0.2, 0) is 4.79 Å². The number of rotatable bonds is 3.